The van der Waals surface area contributed by atoms with Gasteiger partial charge in [0.25, 0.3) is 5.91 Å². The average Bonchev–Trinajstić information content (AvgIpc) is 3.23. The first-order chi connectivity index (χ1) is 12.8. The van der Waals surface area contributed by atoms with Crippen LogP contribution >= 0.6 is 0 Å². The lowest BCUT2D eigenvalue weighted by Crippen LogP contribution is -2.18. The van der Waals surface area contributed by atoms with Crippen molar-refractivity contribution in [1.29, 1.82) is 0 Å². The molecule has 0 bridgehead atoms. The van der Waals surface area contributed by atoms with E-state index >= 15 is 0 Å². The van der Waals surface area contributed by atoms with Crippen LogP contribution < -0.4 is 5.43 Å². The summed E-state index contributed by atoms with van der Waals surface area (Å²) in [5, 5.41) is 4.73. The van der Waals surface area contributed by atoms with Crippen molar-refractivity contribution in [1.82, 2.24) is 15.4 Å². The fourth-order valence-electron chi connectivity index (χ4n) is 2.58. The molecular formula is C20H14N4O2. The second kappa shape index (κ2) is 6.98. The van der Waals surface area contributed by atoms with Crippen molar-refractivity contribution in [3.8, 4) is 11.5 Å². The molecule has 4 aromatic rings. The highest BCUT2D eigenvalue weighted by molar-refractivity contribution is 6.07. The zero-order chi connectivity index (χ0) is 17.8. The van der Waals surface area contributed by atoms with Crippen molar-refractivity contribution in [2.75, 3.05) is 0 Å². The largest absolute Gasteiger partial charge is 0.463 e. The number of amides is 1. The Balaban J connectivity index is 1.68. The Kier molecular flexibility index (Phi) is 4.22. The van der Waals surface area contributed by atoms with Crippen molar-refractivity contribution in [3.05, 3.63) is 84.4 Å². The summed E-state index contributed by atoms with van der Waals surface area (Å²) >= 11 is 0. The predicted molar refractivity (Wildman–Crippen MR) is 98.7 cm³/mol. The second-order valence-electron chi connectivity index (χ2n) is 5.50. The van der Waals surface area contributed by atoms with Gasteiger partial charge >= 0.3 is 0 Å². The Labute approximate surface area is 149 Å². The van der Waals surface area contributed by atoms with Gasteiger partial charge in [0.15, 0.2) is 5.76 Å². The van der Waals surface area contributed by atoms with Crippen LogP contribution in [0, 0.1) is 0 Å². The highest BCUT2D eigenvalue weighted by atomic mass is 16.3. The first-order valence-corrected chi connectivity index (χ1v) is 7.99. The zero-order valence-corrected chi connectivity index (χ0v) is 13.7. The lowest BCUT2D eigenvalue weighted by Gasteiger charge is -2.07. The number of benzene rings is 1. The summed E-state index contributed by atoms with van der Waals surface area (Å²) < 4.78 is 5.41. The van der Waals surface area contributed by atoms with Gasteiger partial charge in [0, 0.05) is 11.6 Å². The number of aromatic nitrogens is 2. The first kappa shape index (κ1) is 15.7. The van der Waals surface area contributed by atoms with E-state index < -0.39 is 0 Å². The number of nitrogens with zero attached hydrogens (tertiary/aromatic N) is 3. The fraction of sp³-hybridized carbons (Fsp3) is 0. The molecule has 3 aromatic heterocycles. The number of carbonyl (C=O) groups is 1. The molecule has 0 saturated carbocycles. The fourth-order valence-corrected chi connectivity index (χ4v) is 2.58. The molecule has 6 heteroatoms. The van der Waals surface area contributed by atoms with Gasteiger partial charge in [-0.15, -0.1) is 0 Å². The second-order valence-corrected chi connectivity index (χ2v) is 5.50. The van der Waals surface area contributed by atoms with Crippen LogP contribution in [-0.2, 0) is 0 Å². The smallest absolute Gasteiger partial charge is 0.272 e. The molecule has 3 heterocycles. The summed E-state index contributed by atoms with van der Waals surface area (Å²) in [6.07, 6.45) is 4.73. The molecule has 0 atom stereocenters. The minimum atomic E-state index is -0.330. The first-order valence-electron chi connectivity index (χ1n) is 7.99. The Hall–Kier alpha value is -3.80. The molecule has 0 aliphatic heterocycles. The number of carbonyl (C=O) groups excluding carboxylic acids is 1. The van der Waals surface area contributed by atoms with Crippen molar-refractivity contribution < 1.29 is 9.21 Å². The van der Waals surface area contributed by atoms with E-state index in [0.717, 1.165) is 5.39 Å². The number of hydrogen-bond acceptors (Lipinski definition) is 5. The van der Waals surface area contributed by atoms with Gasteiger partial charge in [-0.1, -0.05) is 24.3 Å². The summed E-state index contributed by atoms with van der Waals surface area (Å²) in [7, 11) is 0. The van der Waals surface area contributed by atoms with Gasteiger partial charge in [-0.2, -0.15) is 5.10 Å². The number of fused-ring (bicyclic) bond motifs is 1. The van der Waals surface area contributed by atoms with Gasteiger partial charge in [0.05, 0.1) is 29.3 Å². The molecule has 4 rings (SSSR count). The molecule has 6 nitrogen and oxygen atoms in total. The summed E-state index contributed by atoms with van der Waals surface area (Å²) in [5.74, 6) is 0.269. The molecule has 1 N–H and O–H groups in total. The zero-order valence-electron chi connectivity index (χ0n) is 13.7. The molecule has 26 heavy (non-hydrogen) atoms. The van der Waals surface area contributed by atoms with Crippen LogP contribution in [0.25, 0.3) is 22.4 Å². The van der Waals surface area contributed by atoms with E-state index in [0.29, 0.717) is 28.2 Å². The Bertz CT molecular complexity index is 1070. The topological polar surface area (TPSA) is 80.4 Å². The van der Waals surface area contributed by atoms with Crippen LogP contribution in [0.4, 0.5) is 0 Å². The van der Waals surface area contributed by atoms with Gasteiger partial charge in [0.1, 0.15) is 5.69 Å². The standard InChI is InChI=1S/C20H14N4O2/c25-20(24-22-13-14-6-3-4-10-21-14)16-12-18(19-9-5-11-26-19)23-17-8-2-1-7-15(16)17/h1-13H,(H,24,25)/b22-13-. The van der Waals surface area contributed by atoms with E-state index in [1.165, 1.54) is 6.21 Å². The van der Waals surface area contributed by atoms with Crippen LogP contribution in [0.3, 0.4) is 0 Å². The third kappa shape index (κ3) is 3.21. The number of nitrogens with one attached hydrogen (secondary N) is 1. The number of hydrazone groups is 1. The van der Waals surface area contributed by atoms with E-state index in [1.807, 2.05) is 36.4 Å². The van der Waals surface area contributed by atoms with Crippen LogP contribution in [0.5, 0.6) is 0 Å². The number of hydrogen-bond donors (Lipinski definition) is 1. The summed E-state index contributed by atoms with van der Waals surface area (Å²) in [4.78, 5) is 21.4. The van der Waals surface area contributed by atoms with Gasteiger partial charge < -0.3 is 4.42 Å². The van der Waals surface area contributed by atoms with E-state index in [1.54, 1.807) is 36.7 Å². The minimum absolute atomic E-state index is 0.330. The minimum Gasteiger partial charge on any atom is -0.463 e. The Morgan fingerprint density at radius 1 is 1.08 bits per heavy atom. The van der Waals surface area contributed by atoms with Crippen molar-refractivity contribution in [3.63, 3.8) is 0 Å². The number of furan rings is 1. The van der Waals surface area contributed by atoms with Gasteiger partial charge in [-0.3, -0.25) is 9.78 Å². The summed E-state index contributed by atoms with van der Waals surface area (Å²) in [5.41, 5.74) is 4.97. The molecule has 0 aliphatic carbocycles. The lowest BCUT2D eigenvalue weighted by atomic mass is 10.1. The third-order valence-electron chi connectivity index (χ3n) is 3.79. The van der Waals surface area contributed by atoms with E-state index in [-0.39, 0.29) is 5.91 Å². The number of para-hydroxylation sites is 1. The van der Waals surface area contributed by atoms with Crippen LogP contribution in [0.2, 0.25) is 0 Å². The van der Waals surface area contributed by atoms with Crippen molar-refractivity contribution in [2.45, 2.75) is 0 Å². The van der Waals surface area contributed by atoms with E-state index in [9.17, 15) is 4.79 Å². The van der Waals surface area contributed by atoms with Crippen LogP contribution in [-0.4, -0.2) is 22.1 Å². The normalized spacial score (nSPS) is 11.1. The van der Waals surface area contributed by atoms with Gasteiger partial charge in [-0.05, 0) is 36.4 Å². The molecule has 0 radical (unpaired) electrons. The maximum Gasteiger partial charge on any atom is 0.272 e. The van der Waals surface area contributed by atoms with E-state index in [2.05, 4.69) is 20.5 Å². The van der Waals surface area contributed by atoms with Crippen molar-refractivity contribution in [2.24, 2.45) is 5.10 Å². The van der Waals surface area contributed by atoms with Crippen LogP contribution in [0.15, 0.2) is 82.6 Å². The Morgan fingerprint density at radius 2 is 1.96 bits per heavy atom. The van der Waals surface area contributed by atoms with E-state index in [4.69, 9.17) is 4.42 Å². The molecule has 1 aromatic carbocycles. The summed E-state index contributed by atoms with van der Waals surface area (Å²) in [6, 6.07) is 18.2. The lowest BCUT2D eigenvalue weighted by molar-refractivity contribution is 0.0956. The maximum atomic E-state index is 12.7. The summed E-state index contributed by atoms with van der Waals surface area (Å²) in [6.45, 7) is 0. The molecular weight excluding hydrogens is 328 g/mol. The highest BCUT2D eigenvalue weighted by Gasteiger charge is 2.14. The highest BCUT2D eigenvalue weighted by Crippen LogP contribution is 2.25. The molecule has 0 saturated heterocycles. The number of rotatable bonds is 4. The van der Waals surface area contributed by atoms with Gasteiger partial charge in [0.2, 0.25) is 0 Å². The quantitative estimate of drug-likeness (QED) is 0.453. The van der Waals surface area contributed by atoms with Crippen molar-refractivity contribution >= 4 is 23.0 Å². The van der Waals surface area contributed by atoms with Gasteiger partial charge in [-0.25, -0.2) is 10.4 Å². The molecule has 126 valence electrons. The van der Waals surface area contributed by atoms with Crippen LogP contribution in [0.1, 0.15) is 16.1 Å². The monoisotopic (exact) mass is 342 g/mol. The molecule has 0 unspecified atom stereocenters. The SMILES string of the molecule is O=C(N/N=C\c1ccccn1)c1cc(-c2ccco2)nc2ccccc12. The average molecular weight is 342 g/mol. The molecule has 0 aliphatic rings. The molecule has 1 amide bonds. The molecule has 0 spiro atoms. The predicted octanol–water partition coefficient (Wildman–Crippen LogP) is 3.65. The molecule has 0 fully saturated rings. The maximum absolute atomic E-state index is 12.7. The Morgan fingerprint density at radius 3 is 2.77 bits per heavy atom. The third-order valence-corrected chi connectivity index (χ3v) is 3.79. The number of pyridine rings is 2.